The van der Waals surface area contributed by atoms with Gasteiger partial charge in [-0.25, -0.2) is 4.98 Å². The molecule has 1 fully saturated rings. The molecule has 3 aromatic rings. The van der Waals surface area contributed by atoms with Crippen LogP contribution in [0.2, 0.25) is 5.02 Å². The summed E-state index contributed by atoms with van der Waals surface area (Å²) < 4.78 is 1.24. The van der Waals surface area contributed by atoms with Crippen LogP contribution in [0.4, 0.5) is 5.69 Å². The van der Waals surface area contributed by atoms with E-state index >= 15 is 0 Å². The van der Waals surface area contributed by atoms with E-state index in [9.17, 15) is 4.79 Å². The Bertz CT molecular complexity index is 948. The van der Waals surface area contributed by atoms with Gasteiger partial charge in [-0.05, 0) is 36.8 Å². The van der Waals surface area contributed by atoms with Crippen LogP contribution in [0.25, 0.3) is 10.2 Å². The summed E-state index contributed by atoms with van der Waals surface area (Å²) in [6.45, 7) is 6.87. The lowest BCUT2D eigenvalue weighted by Gasteiger charge is -2.33. The van der Waals surface area contributed by atoms with Crippen molar-refractivity contribution >= 4 is 44.7 Å². The van der Waals surface area contributed by atoms with Gasteiger partial charge in [-0.3, -0.25) is 14.6 Å². The minimum Gasteiger partial charge on any atom is -0.324 e. The van der Waals surface area contributed by atoms with Crippen molar-refractivity contribution in [3.05, 3.63) is 58.1 Å². The number of nitrogens with one attached hydrogen (secondary N) is 1. The number of halogens is 1. The summed E-state index contributed by atoms with van der Waals surface area (Å²) in [7, 11) is 0. The molecule has 0 aliphatic carbocycles. The first kappa shape index (κ1) is 19.3. The van der Waals surface area contributed by atoms with Crippen molar-refractivity contribution in [2.75, 3.05) is 38.0 Å². The molecule has 7 heteroatoms. The molecule has 0 saturated carbocycles. The van der Waals surface area contributed by atoms with Crippen molar-refractivity contribution in [3.8, 4) is 0 Å². The van der Waals surface area contributed by atoms with Gasteiger partial charge in [0, 0.05) is 26.2 Å². The third-order valence-corrected chi connectivity index (χ3v) is 6.26. The number of hydrogen-bond donors (Lipinski definition) is 1. The fourth-order valence-corrected chi connectivity index (χ4v) is 4.69. The van der Waals surface area contributed by atoms with Crippen LogP contribution < -0.4 is 5.32 Å². The van der Waals surface area contributed by atoms with E-state index in [4.69, 9.17) is 16.6 Å². The van der Waals surface area contributed by atoms with Gasteiger partial charge in [0.2, 0.25) is 5.91 Å². The molecule has 5 nitrogen and oxygen atoms in total. The van der Waals surface area contributed by atoms with E-state index in [1.807, 2.05) is 31.2 Å². The molecule has 0 radical (unpaired) electrons. The summed E-state index contributed by atoms with van der Waals surface area (Å²) in [5.74, 6) is -0.0228. The first-order valence-corrected chi connectivity index (χ1v) is 10.6. The van der Waals surface area contributed by atoms with Gasteiger partial charge >= 0.3 is 0 Å². The molecule has 2 heterocycles. The normalized spacial score (nSPS) is 15.8. The largest absolute Gasteiger partial charge is 0.324 e. The van der Waals surface area contributed by atoms with Gasteiger partial charge in [0.25, 0.3) is 0 Å². The second-order valence-electron chi connectivity index (χ2n) is 7.16. The lowest BCUT2D eigenvalue weighted by molar-refractivity contribution is -0.117. The molecule has 0 atom stereocenters. The van der Waals surface area contributed by atoms with Crippen molar-refractivity contribution in [3.63, 3.8) is 0 Å². The first-order chi connectivity index (χ1) is 13.6. The lowest BCUT2D eigenvalue weighted by atomic mass is 10.2. The van der Waals surface area contributed by atoms with Crippen LogP contribution in [-0.2, 0) is 11.3 Å². The minimum absolute atomic E-state index is 0.0228. The van der Waals surface area contributed by atoms with Crippen molar-refractivity contribution in [2.45, 2.75) is 13.5 Å². The molecule has 2 aromatic carbocycles. The zero-order valence-electron chi connectivity index (χ0n) is 15.8. The molecule has 0 bridgehead atoms. The summed E-state index contributed by atoms with van der Waals surface area (Å²) in [4.78, 5) is 21.7. The van der Waals surface area contributed by atoms with E-state index in [1.54, 1.807) is 11.3 Å². The molecule has 1 amide bonds. The van der Waals surface area contributed by atoms with Gasteiger partial charge in [-0.1, -0.05) is 29.8 Å². The lowest BCUT2D eigenvalue weighted by Crippen LogP contribution is -2.48. The van der Waals surface area contributed by atoms with Crippen molar-refractivity contribution < 1.29 is 4.79 Å². The Morgan fingerprint density at radius 3 is 2.64 bits per heavy atom. The molecular formula is C21H23ClN4OS. The van der Waals surface area contributed by atoms with Crippen LogP contribution in [0.3, 0.4) is 0 Å². The van der Waals surface area contributed by atoms with Crippen LogP contribution in [-0.4, -0.2) is 53.4 Å². The maximum Gasteiger partial charge on any atom is 0.238 e. The Kier molecular flexibility index (Phi) is 5.92. The number of carbonyl (C=O) groups excluding carboxylic acids is 1. The maximum absolute atomic E-state index is 12.4. The summed E-state index contributed by atoms with van der Waals surface area (Å²) in [6.07, 6.45) is 0. The maximum atomic E-state index is 12.4. The number of nitrogens with zero attached hydrogens (tertiary/aromatic N) is 3. The first-order valence-electron chi connectivity index (χ1n) is 9.42. The van der Waals surface area contributed by atoms with Gasteiger partial charge in [0.1, 0.15) is 5.01 Å². The number of thiazole rings is 1. The number of piperazine rings is 1. The minimum atomic E-state index is -0.0228. The Morgan fingerprint density at radius 2 is 1.89 bits per heavy atom. The van der Waals surface area contributed by atoms with Crippen molar-refractivity contribution in [1.29, 1.82) is 0 Å². The second kappa shape index (κ2) is 8.57. The predicted octanol–water partition coefficient (Wildman–Crippen LogP) is 4.01. The number of hydrogen-bond acceptors (Lipinski definition) is 5. The van der Waals surface area contributed by atoms with Crippen LogP contribution in [0.15, 0.2) is 42.5 Å². The van der Waals surface area contributed by atoms with Crippen LogP contribution in [0, 0.1) is 6.92 Å². The number of aryl methyl sites for hydroxylation is 1. The third-order valence-electron chi connectivity index (χ3n) is 4.93. The molecule has 0 unspecified atom stereocenters. The number of para-hydroxylation sites is 1. The van der Waals surface area contributed by atoms with E-state index < -0.39 is 0 Å². The average Bonchev–Trinajstić information content (AvgIpc) is 3.08. The molecule has 1 saturated heterocycles. The Morgan fingerprint density at radius 1 is 1.14 bits per heavy atom. The van der Waals surface area contributed by atoms with Gasteiger partial charge in [0.05, 0.1) is 34.0 Å². The Balaban J connectivity index is 1.26. The van der Waals surface area contributed by atoms with Crippen molar-refractivity contribution in [1.82, 2.24) is 14.8 Å². The number of carbonyl (C=O) groups is 1. The van der Waals surface area contributed by atoms with Crippen LogP contribution in [0.1, 0.15) is 10.6 Å². The summed E-state index contributed by atoms with van der Waals surface area (Å²) in [5, 5.41) is 4.65. The smallest absolute Gasteiger partial charge is 0.238 e. The fourth-order valence-electron chi connectivity index (χ4n) is 3.40. The van der Waals surface area contributed by atoms with E-state index in [1.165, 1.54) is 4.70 Å². The molecule has 1 N–H and O–H groups in total. The SMILES string of the molecule is Cc1ccc(NC(=O)CN2CCN(Cc3nc4ccccc4s3)CC2)c(Cl)c1. The number of amides is 1. The summed E-state index contributed by atoms with van der Waals surface area (Å²) in [6, 6.07) is 13.9. The van der Waals surface area contributed by atoms with Crippen molar-refractivity contribution in [2.24, 2.45) is 0 Å². The zero-order valence-corrected chi connectivity index (χ0v) is 17.4. The third kappa shape index (κ3) is 4.70. The fraction of sp³-hybridized carbons (Fsp3) is 0.333. The molecule has 28 heavy (non-hydrogen) atoms. The highest BCUT2D eigenvalue weighted by Crippen LogP contribution is 2.24. The summed E-state index contributed by atoms with van der Waals surface area (Å²) >= 11 is 7.96. The molecule has 1 aliphatic heterocycles. The molecule has 146 valence electrons. The Labute approximate surface area is 173 Å². The monoisotopic (exact) mass is 414 g/mol. The van der Waals surface area contributed by atoms with Gasteiger partial charge in [-0.2, -0.15) is 0 Å². The highest BCUT2D eigenvalue weighted by atomic mass is 35.5. The average molecular weight is 415 g/mol. The van der Waals surface area contributed by atoms with Gasteiger partial charge in [-0.15, -0.1) is 11.3 Å². The predicted molar refractivity (Wildman–Crippen MR) is 116 cm³/mol. The molecule has 1 aliphatic rings. The highest BCUT2D eigenvalue weighted by Gasteiger charge is 2.20. The number of fused-ring (bicyclic) bond motifs is 1. The molecular weight excluding hydrogens is 392 g/mol. The molecule has 1 aromatic heterocycles. The topological polar surface area (TPSA) is 48.5 Å². The van der Waals surface area contributed by atoms with Crippen LogP contribution >= 0.6 is 22.9 Å². The van der Waals surface area contributed by atoms with E-state index in [0.29, 0.717) is 17.3 Å². The van der Waals surface area contributed by atoms with E-state index in [0.717, 1.165) is 48.8 Å². The van der Waals surface area contributed by atoms with Gasteiger partial charge in [0.15, 0.2) is 0 Å². The number of rotatable bonds is 5. The van der Waals surface area contributed by atoms with Gasteiger partial charge < -0.3 is 5.32 Å². The quantitative estimate of drug-likeness (QED) is 0.685. The van der Waals surface area contributed by atoms with E-state index in [2.05, 4.69) is 33.3 Å². The summed E-state index contributed by atoms with van der Waals surface area (Å²) in [5.41, 5.74) is 2.83. The Hall–Kier alpha value is -1.99. The zero-order chi connectivity index (χ0) is 19.5. The second-order valence-corrected chi connectivity index (χ2v) is 8.68. The number of anilines is 1. The standard InChI is InChI=1S/C21H23ClN4OS/c1-15-6-7-17(16(22)12-15)23-20(27)13-25-8-10-26(11-9-25)14-21-24-18-4-2-3-5-19(18)28-21/h2-7,12H,8-11,13-14H2,1H3,(H,23,27). The van der Waals surface area contributed by atoms with Crippen LogP contribution in [0.5, 0.6) is 0 Å². The number of aromatic nitrogens is 1. The van der Waals surface area contributed by atoms with E-state index in [-0.39, 0.29) is 5.91 Å². The highest BCUT2D eigenvalue weighted by molar-refractivity contribution is 7.18. The molecule has 4 rings (SSSR count). The molecule has 0 spiro atoms. The number of benzene rings is 2.